The lowest BCUT2D eigenvalue weighted by Gasteiger charge is -2.22. The van der Waals surface area contributed by atoms with Crippen LogP contribution in [0.1, 0.15) is 30.7 Å². The lowest BCUT2D eigenvalue weighted by atomic mass is 10.0. The van der Waals surface area contributed by atoms with Crippen LogP contribution in [0.2, 0.25) is 0 Å². The Kier molecular flexibility index (Phi) is 9.12. The van der Waals surface area contributed by atoms with Gasteiger partial charge in [0, 0.05) is 35.9 Å². The molecule has 2 unspecified atom stereocenters. The molecule has 0 bridgehead atoms. The maximum absolute atomic E-state index is 12.7. The zero-order valence-electron chi connectivity index (χ0n) is 19.1. The molecule has 3 aromatic rings. The van der Waals surface area contributed by atoms with Gasteiger partial charge in [0.05, 0.1) is 4.90 Å². The number of sulfonamides is 1. The number of pyridine rings is 1. The molecule has 1 saturated heterocycles. The number of rotatable bonds is 7. The molecule has 3 atom stereocenters. The fraction of sp³-hybridized carbons (Fsp3) is 0.360. The summed E-state index contributed by atoms with van der Waals surface area (Å²) in [5.41, 5.74) is 1.76. The number of hydrogen-bond donors (Lipinski definition) is 3. The van der Waals surface area contributed by atoms with E-state index < -0.39 is 10.0 Å². The van der Waals surface area contributed by atoms with Crippen LogP contribution in [-0.2, 0) is 14.8 Å². The standard InChI is InChI=1S/C25H28N4O3S.2ClH/c30-25(29-21-6-3-20-16-27-11-9-19(20)12-21)24-13-23(24)18-4-7-22(8-5-18)33(31,32)28-15-17-2-1-10-26-14-17;;/h3-9,11-12,16-17,23-24,26,28H,1-2,10,13-15H2,(H,29,30);2*1H/t17-,23?,24?;;/m1../s1. The Morgan fingerprint density at radius 1 is 1.06 bits per heavy atom. The van der Waals surface area contributed by atoms with Crippen molar-refractivity contribution in [2.75, 3.05) is 25.0 Å². The SMILES string of the molecule is Cl.Cl.O=C(Nc1ccc2cnccc2c1)C1CC1c1ccc(S(=O)(=O)NC[C@@H]2CCCNC2)cc1. The highest BCUT2D eigenvalue weighted by atomic mass is 35.5. The second-order valence-corrected chi connectivity index (χ2v) is 10.8. The van der Waals surface area contributed by atoms with Crippen LogP contribution in [0.15, 0.2) is 65.8 Å². The minimum absolute atomic E-state index is 0. The van der Waals surface area contributed by atoms with E-state index in [4.69, 9.17) is 0 Å². The summed E-state index contributed by atoms with van der Waals surface area (Å²) in [6, 6.07) is 14.6. The molecule has 1 saturated carbocycles. The van der Waals surface area contributed by atoms with Crippen LogP contribution in [0.3, 0.4) is 0 Å². The van der Waals surface area contributed by atoms with Gasteiger partial charge in [0.1, 0.15) is 0 Å². The molecule has 0 spiro atoms. The zero-order chi connectivity index (χ0) is 22.8. The third-order valence-electron chi connectivity index (χ3n) is 6.61. The number of anilines is 1. The molecule has 2 heterocycles. The average Bonchev–Trinajstić information content (AvgIpc) is 3.65. The fourth-order valence-corrected chi connectivity index (χ4v) is 5.67. The molecule has 5 rings (SSSR count). The Labute approximate surface area is 218 Å². The van der Waals surface area contributed by atoms with Crippen molar-refractivity contribution in [1.29, 1.82) is 0 Å². The number of amides is 1. The van der Waals surface area contributed by atoms with Crippen LogP contribution in [0.5, 0.6) is 0 Å². The smallest absolute Gasteiger partial charge is 0.240 e. The van der Waals surface area contributed by atoms with E-state index >= 15 is 0 Å². The van der Waals surface area contributed by atoms with Gasteiger partial charge in [0.25, 0.3) is 0 Å². The molecule has 0 radical (unpaired) electrons. The third kappa shape index (κ3) is 6.51. The molecule has 2 fully saturated rings. The molecule has 2 aliphatic rings. The molecular formula is C25H30Cl2N4O3S. The second kappa shape index (κ2) is 11.7. The van der Waals surface area contributed by atoms with Gasteiger partial charge in [-0.25, -0.2) is 13.1 Å². The predicted octanol–water partition coefficient (Wildman–Crippen LogP) is 4.10. The highest BCUT2D eigenvalue weighted by Gasteiger charge is 2.44. The van der Waals surface area contributed by atoms with Crippen LogP contribution < -0.4 is 15.4 Å². The number of benzene rings is 2. The van der Waals surface area contributed by atoms with E-state index in [-0.39, 0.29) is 47.5 Å². The van der Waals surface area contributed by atoms with Crippen LogP contribution in [0.25, 0.3) is 10.8 Å². The van der Waals surface area contributed by atoms with Crippen molar-refractivity contribution in [2.45, 2.75) is 30.1 Å². The first-order valence-electron chi connectivity index (χ1n) is 11.4. The average molecular weight is 538 g/mol. The number of nitrogens with zero attached hydrogens (tertiary/aromatic N) is 1. The van der Waals surface area contributed by atoms with E-state index in [1.807, 2.05) is 36.4 Å². The summed E-state index contributed by atoms with van der Waals surface area (Å²) in [5.74, 6) is 0.343. The molecule has 1 aliphatic heterocycles. The normalized spacial score (nSPS) is 21.4. The molecular weight excluding hydrogens is 507 g/mol. The summed E-state index contributed by atoms with van der Waals surface area (Å²) in [7, 11) is -3.53. The zero-order valence-corrected chi connectivity index (χ0v) is 21.6. The lowest BCUT2D eigenvalue weighted by Crippen LogP contribution is -2.38. The number of aromatic nitrogens is 1. The van der Waals surface area contributed by atoms with Crippen molar-refractivity contribution in [3.05, 3.63) is 66.5 Å². The summed E-state index contributed by atoms with van der Waals surface area (Å²) < 4.78 is 28.0. The maximum atomic E-state index is 12.7. The fourth-order valence-electron chi connectivity index (χ4n) is 4.55. The highest BCUT2D eigenvalue weighted by Crippen LogP contribution is 2.48. The summed E-state index contributed by atoms with van der Waals surface area (Å²) in [6.45, 7) is 2.31. The van der Waals surface area contributed by atoms with Gasteiger partial charge in [0.2, 0.25) is 15.9 Å². The topological polar surface area (TPSA) is 100 Å². The van der Waals surface area contributed by atoms with Crippen LogP contribution in [0, 0.1) is 11.8 Å². The van der Waals surface area contributed by atoms with Gasteiger partial charge < -0.3 is 10.6 Å². The van der Waals surface area contributed by atoms with Gasteiger partial charge in [-0.05, 0) is 85.5 Å². The molecule has 1 aromatic heterocycles. The Bertz CT molecular complexity index is 1270. The number of hydrogen-bond acceptors (Lipinski definition) is 5. The molecule has 1 aliphatic carbocycles. The van der Waals surface area contributed by atoms with Gasteiger partial charge in [0.15, 0.2) is 0 Å². The number of nitrogens with one attached hydrogen (secondary N) is 3. The maximum Gasteiger partial charge on any atom is 0.240 e. The minimum atomic E-state index is -3.53. The Morgan fingerprint density at radius 3 is 2.60 bits per heavy atom. The molecule has 188 valence electrons. The van der Waals surface area contributed by atoms with Crippen molar-refractivity contribution in [3.8, 4) is 0 Å². The predicted molar refractivity (Wildman–Crippen MR) is 143 cm³/mol. The molecule has 2 aromatic carbocycles. The van der Waals surface area contributed by atoms with Gasteiger partial charge in [-0.15, -0.1) is 24.8 Å². The number of halogens is 2. The third-order valence-corrected chi connectivity index (χ3v) is 8.05. The van der Waals surface area contributed by atoms with E-state index in [9.17, 15) is 13.2 Å². The van der Waals surface area contributed by atoms with Crippen LogP contribution in [0.4, 0.5) is 5.69 Å². The second-order valence-electron chi connectivity index (χ2n) is 9.01. The first-order chi connectivity index (χ1) is 16.0. The number of piperidine rings is 1. The van der Waals surface area contributed by atoms with Gasteiger partial charge in [-0.2, -0.15) is 0 Å². The Hall–Kier alpha value is -2.23. The first kappa shape index (κ1) is 27.4. The molecule has 3 N–H and O–H groups in total. The van der Waals surface area contributed by atoms with Crippen molar-refractivity contribution >= 4 is 57.2 Å². The quantitative estimate of drug-likeness (QED) is 0.422. The van der Waals surface area contributed by atoms with E-state index in [0.29, 0.717) is 12.5 Å². The first-order valence-corrected chi connectivity index (χ1v) is 12.9. The van der Waals surface area contributed by atoms with E-state index in [0.717, 1.165) is 54.4 Å². The van der Waals surface area contributed by atoms with Crippen molar-refractivity contribution in [1.82, 2.24) is 15.0 Å². The molecule has 35 heavy (non-hydrogen) atoms. The summed E-state index contributed by atoms with van der Waals surface area (Å²) in [5, 5.41) is 8.37. The van der Waals surface area contributed by atoms with Crippen molar-refractivity contribution in [3.63, 3.8) is 0 Å². The lowest BCUT2D eigenvalue weighted by molar-refractivity contribution is -0.117. The summed E-state index contributed by atoms with van der Waals surface area (Å²) >= 11 is 0. The van der Waals surface area contributed by atoms with Gasteiger partial charge in [-0.3, -0.25) is 9.78 Å². The van der Waals surface area contributed by atoms with Crippen molar-refractivity contribution < 1.29 is 13.2 Å². The Balaban J connectivity index is 0.00000171. The number of carbonyl (C=O) groups is 1. The van der Waals surface area contributed by atoms with E-state index in [1.165, 1.54) is 0 Å². The van der Waals surface area contributed by atoms with Gasteiger partial charge in [-0.1, -0.05) is 18.2 Å². The van der Waals surface area contributed by atoms with Crippen LogP contribution in [-0.4, -0.2) is 38.9 Å². The van der Waals surface area contributed by atoms with Crippen molar-refractivity contribution in [2.24, 2.45) is 11.8 Å². The summed E-state index contributed by atoms with van der Waals surface area (Å²) in [6.07, 6.45) is 6.41. The molecule has 1 amide bonds. The van der Waals surface area contributed by atoms with Gasteiger partial charge >= 0.3 is 0 Å². The number of fused-ring (bicyclic) bond motifs is 1. The molecule has 10 heteroatoms. The van der Waals surface area contributed by atoms with Crippen LogP contribution >= 0.6 is 24.8 Å². The van der Waals surface area contributed by atoms with E-state index in [1.54, 1.807) is 24.5 Å². The minimum Gasteiger partial charge on any atom is -0.326 e. The number of carbonyl (C=O) groups excluding carboxylic acids is 1. The monoisotopic (exact) mass is 536 g/mol. The Morgan fingerprint density at radius 2 is 1.86 bits per heavy atom. The van der Waals surface area contributed by atoms with E-state index in [2.05, 4.69) is 20.3 Å². The molecule has 7 nitrogen and oxygen atoms in total. The highest BCUT2D eigenvalue weighted by molar-refractivity contribution is 7.89. The summed E-state index contributed by atoms with van der Waals surface area (Å²) in [4.78, 5) is 17.1. The largest absolute Gasteiger partial charge is 0.326 e.